The maximum absolute atomic E-state index is 13.0. The first kappa shape index (κ1) is 20.8. The number of rotatable bonds is 3. The number of benzene rings is 1. The molecule has 5 heteroatoms. The molecule has 1 N–H and O–H groups in total. The largest absolute Gasteiger partial charge is 0.512 e. The smallest absolute Gasteiger partial charge is 0.163 e. The van der Waals surface area contributed by atoms with Gasteiger partial charge in [0.25, 0.3) is 0 Å². The Bertz CT molecular complexity index is 858. The summed E-state index contributed by atoms with van der Waals surface area (Å²) >= 11 is 6.17. The van der Waals surface area contributed by atoms with Gasteiger partial charge in [0, 0.05) is 42.2 Å². The topological polar surface area (TPSA) is 71.4 Å². The molecule has 0 amide bonds. The first-order valence-electron chi connectivity index (χ1n) is 9.66. The Morgan fingerprint density at radius 2 is 1.54 bits per heavy atom. The summed E-state index contributed by atoms with van der Waals surface area (Å²) in [5.41, 5.74) is 0.0755. The average Bonchev–Trinajstić information content (AvgIpc) is 2.49. The molecular weight excluding hydrogens is 376 g/mol. The zero-order chi connectivity index (χ0) is 20.9. The molecule has 0 unspecified atom stereocenters. The zero-order valence-corrected chi connectivity index (χ0v) is 17.6. The number of Topliss-reactive ketones (excluding diaryl/α,β-unsaturated/α-hetero) is 3. The monoisotopic (exact) mass is 402 g/mol. The van der Waals surface area contributed by atoms with Gasteiger partial charge in [-0.2, -0.15) is 0 Å². The summed E-state index contributed by atoms with van der Waals surface area (Å²) in [4.78, 5) is 39.1. The van der Waals surface area contributed by atoms with E-state index >= 15 is 0 Å². The van der Waals surface area contributed by atoms with Gasteiger partial charge in [-0.05, 0) is 28.5 Å². The molecule has 2 aliphatic carbocycles. The second-order valence-electron chi connectivity index (χ2n) is 9.76. The Balaban J connectivity index is 2.16. The lowest BCUT2D eigenvalue weighted by atomic mass is 9.62. The third-order valence-electron chi connectivity index (χ3n) is 5.75. The van der Waals surface area contributed by atoms with Crippen LogP contribution in [0.15, 0.2) is 35.6 Å². The number of hydrogen-bond acceptors (Lipinski definition) is 4. The predicted octanol–water partition coefficient (Wildman–Crippen LogP) is 5.20. The molecule has 0 aromatic heterocycles. The Hall–Kier alpha value is -1.94. The highest BCUT2D eigenvalue weighted by molar-refractivity contribution is 6.30. The van der Waals surface area contributed by atoms with Crippen molar-refractivity contribution in [2.45, 2.75) is 59.3 Å². The number of ketones is 3. The molecule has 1 fully saturated rings. The molecule has 1 aromatic rings. The van der Waals surface area contributed by atoms with Crippen molar-refractivity contribution in [2.75, 3.05) is 0 Å². The average molecular weight is 403 g/mol. The number of carbonyl (C=O) groups excluding carboxylic acids is 3. The van der Waals surface area contributed by atoms with E-state index in [9.17, 15) is 19.5 Å². The van der Waals surface area contributed by atoms with Gasteiger partial charge in [-0.25, -0.2) is 0 Å². The fourth-order valence-corrected chi connectivity index (χ4v) is 4.86. The van der Waals surface area contributed by atoms with Gasteiger partial charge in [0.2, 0.25) is 0 Å². The standard InChI is InChI=1S/C23H27ClO4/c1-22(2)9-15(25)20(16(26)10-22)19(13-6-5-7-14(24)8-13)21-17(27)11-23(3,4)12-18(21)28/h5-8,19-20,27H,9-12H2,1-4H3/t19-/m1/s1. The predicted molar refractivity (Wildman–Crippen MR) is 108 cm³/mol. The molecule has 28 heavy (non-hydrogen) atoms. The molecule has 0 saturated heterocycles. The molecule has 1 atom stereocenters. The summed E-state index contributed by atoms with van der Waals surface area (Å²) < 4.78 is 0. The quantitative estimate of drug-likeness (QED) is 0.705. The van der Waals surface area contributed by atoms with Crippen LogP contribution in [-0.2, 0) is 14.4 Å². The highest BCUT2D eigenvalue weighted by Crippen LogP contribution is 2.47. The van der Waals surface area contributed by atoms with Crippen LogP contribution >= 0.6 is 11.6 Å². The first-order valence-corrected chi connectivity index (χ1v) is 10.0. The summed E-state index contributed by atoms with van der Waals surface area (Å²) in [6.07, 6.45) is 1.15. The molecule has 0 bridgehead atoms. The Morgan fingerprint density at radius 3 is 2.07 bits per heavy atom. The van der Waals surface area contributed by atoms with Crippen LogP contribution in [0.25, 0.3) is 0 Å². The molecular formula is C23H27ClO4. The lowest BCUT2D eigenvalue weighted by molar-refractivity contribution is -0.140. The molecule has 3 rings (SSSR count). The number of aliphatic hydroxyl groups excluding tert-OH is 1. The maximum Gasteiger partial charge on any atom is 0.163 e. The van der Waals surface area contributed by atoms with Gasteiger partial charge >= 0.3 is 0 Å². The third kappa shape index (κ3) is 4.07. The van der Waals surface area contributed by atoms with Crippen molar-refractivity contribution in [1.82, 2.24) is 0 Å². The van der Waals surface area contributed by atoms with Gasteiger partial charge in [0.15, 0.2) is 5.78 Å². The van der Waals surface area contributed by atoms with Gasteiger partial charge < -0.3 is 5.11 Å². The summed E-state index contributed by atoms with van der Waals surface area (Å²) in [6, 6.07) is 6.89. The summed E-state index contributed by atoms with van der Waals surface area (Å²) in [7, 11) is 0. The minimum absolute atomic E-state index is 0.0170. The molecule has 0 spiro atoms. The summed E-state index contributed by atoms with van der Waals surface area (Å²) in [6.45, 7) is 7.65. The Morgan fingerprint density at radius 1 is 0.964 bits per heavy atom. The fraction of sp³-hybridized carbons (Fsp3) is 0.522. The first-order chi connectivity index (χ1) is 12.9. The van der Waals surface area contributed by atoms with Crippen molar-refractivity contribution in [3.8, 4) is 0 Å². The fourth-order valence-electron chi connectivity index (χ4n) is 4.66. The van der Waals surface area contributed by atoms with E-state index in [1.165, 1.54) is 0 Å². The highest BCUT2D eigenvalue weighted by Gasteiger charge is 2.48. The molecule has 0 heterocycles. The van der Waals surface area contributed by atoms with Gasteiger partial charge in [-0.15, -0.1) is 0 Å². The number of halogens is 1. The van der Waals surface area contributed by atoms with Crippen molar-refractivity contribution >= 4 is 29.0 Å². The molecule has 2 aliphatic rings. The zero-order valence-electron chi connectivity index (χ0n) is 16.8. The van der Waals surface area contributed by atoms with E-state index in [1.54, 1.807) is 24.3 Å². The van der Waals surface area contributed by atoms with Crippen LogP contribution in [0.5, 0.6) is 0 Å². The minimum Gasteiger partial charge on any atom is -0.512 e. The molecule has 150 valence electrons. The molecule has 1 aromatic carbocycles. The van der Waals surface area contributed by atoms with Crippen LogP contribution in [0.1, 0.15) is 64.9 Å². The van der Waals surface area contributed by atoms with E-state index in [-0.39, 0.29) is 53.4 Å². The molecule has 0 aliphatic heterocycles. The SMILES string of the molecule is CC1(C)CC(=O)C([C@H](C2=C(O)CC(C)(C)CC2=O)c2cccc(Cl)c2)C(=O)C1. The van der Waals surface area contributed by atoms with Gasteiger partial charge in [0.05, 0.1) is 5.92 Å². The van der Waals surface area contributed by atoms with Crippen LogP contribution in [0.4, 0.5) is 0 Å². The van der Waals surface area contributed by atoms with E-state index in [2.05, 4.69) is 0 Å². The summed E-state index contributed by atoms with van der Waals surface area (Å²) in [5.74, 6) is -2.33. The van der Waals surface area contributed by atoms with E-state index in [1.807, 2.05) is 27.7 Å². The van der Waals surface area contributed by atoms with E-state index in [0.29, 0.717) is 17.0 Å². The number of allylic oxidation sites excluding steroid dienone is 2. The van der Waals surface area contributed by atoms with E-state index < -0.39 is 17.3 Å². The second-order valence-corrected chi connectivity index (χ2v) is 10.2. The van der Waals surface area contributed by atoms with Crippen LogP contribution in [0.2, 0.25) is 5.02 Å². The van der Waals surface area contributed by atoms with Crippen molar-refractivity contribution in [1.29, 1.82) is 0 Å². The normalized spacial score (nSPS) is 23.8. The lowest BCUT2D eigenvalue weighted by Crippen LogP contribution is -2.43. The van der Waals surface area contributed by atoms with Crippen LogP contribution in [0.3, 0.4) is 0 Å². The van der Waals surface area contributed by atoms with Gasteiger partial charge in [-0.1, -0.05) is 51.4 Å². The highest BCUT2D eigenvalue weighted by atomic mass is 35.5. The van der Waals surface area contributed by atoms with Gasteiger partial charge in [-0.3, -0.25) is 14.4 Å². The number of carbonyl (C=O) groups is 3. The second kappa shape index (κ2) is 7.14. The van der Waals surface area contributed by atoms with E-state index in [0.717, 1.165) is 0 Å². The van der Waals surface area contributed by atoms with Crippen LogP contribution in [0, 0.1) is 16.7 Å². The van der Waals surface area contributed by atoms with E-state index in [4.69, 9.17) is 11.6 Å². The number of aliphatic hydroxyl groups is 1. The van der Waals surface area contributed by atoms with Crippen LogP contribution < -0.4 is 0 Å². The van der Waals surface area contributed by atoms with Crippen LogP contribution in [-0.4, -0.2) is 22.5 Å². The minimum atomic E-state index is -0.964. The molecule has 0 radical (unpaired) electrons. The van der Waals surface area contributed by atoms with Crippen molar-refractivity contribution < 1.29 is 19.5 Å². The number of hydrogen-bond donors (Lipinski definition) is 1. The van der Waals surface area contributed by atoms with Crippen molar-refractivity contribution in [2.24, 2.45) is 16.7 Å². The summed E-state index contributed by atoms with van der Waals surface area (Å²) in [5, 5.41) is 11.2. The van der Waals surface area contributed by atoms with Crippen molar-refractivity contribution in [3.63, 3.8) is 0 Å². The van der Waals surface area contributed by atoms with Gasteiger partial charge in [0.1, 0.15) is 17.3 Å². The Labute approximate surface area is 171 Å². The molecule has 1 saturated carbocycles. The lowest BCUT2D eigenvalue weighted by Gasteiger charge is -2.39. The van der Waals surface area contributed by atoms with Crippen molar-refractivity contribution in [3.05, 3.63) is 46.2 Å². The third-order valence-corrected chi connectivity index (χ3v) is 5.98. The Kier molecular flexibility index (Phi) is 5.30. The molecule has 4 nitrogen and oxygen atoms in total. The maximum atomic E-state index is 13.0.